The minimum Gasteiger partial charge on any atom is -0.375 e. The molecule has 1 aromatic heterocycles. The van der Waals surface area contributed by atoms with E-state index in [1.807, 2.05) is 0 Å². The fourth-order valence-electron chi connectivity index (χ4n) is 2.14. The molecule has 24 heavy (non-hydrogen) atoms. The first-order valence-electron chi connectivity index (χ1n) is 7.14. The van der Waals surface area contributed by atoms with Gasteiger partial charge >= 0.3 is 0 Å². The van der Waals surface area contributed by atoms with Gasteiger partial charge in [-0.05, 0) is 30.3 Å². The van der Waals surface area contributed by atoms with Crippen molar-refractivity contribution in [2.75, 3.05) is 19.0 Å². The first-order valence-corrected chi connectivity index (χ1v) is 7.14. The summed E-state index contributed by atoms with van der Waals surface area (Å²) >= 11 is 0. The number of nitrogens with zero attached hydrogens (tertiary/aromatic N) is 2. The first kappa shape index (κ1) is 15.8. The standard InChI is InChI=1S/C17H14FN3O3/c1-23-10-15(22)19-14-7-3-4-11(9-14)16-20-17(24-21-16)12-5-2-6-13(18)8-12/h2-9H,10H2,1H3,(H,19,22). The van der Waals surface area contributed by atoms with Crippen LogP contribution in [0.15, 0.2) is 53.1 Å². The predicted molar refractivity (Wildman–Crippen MR) is 85.6 cm³/mol. The van der Waals surface area contributed by atoms with Crippen molar-refractivity contribution in [2.45, 2.75) is 0 Å². The number of methoxy groups -OCH3 is 1. The summed E-state index contributed by atoms with van der Waals surface area (Å²) in [6, 6.07) is 12.9. The molecule has 0 radical (unpaired) electrons. The third-order valence-electron chi connectivity index (χ3n) is 3.18. The Balaban J connectivity index is 1.84. The van der Waals surface area contributed by atoms with E-state index in [4.69, 9.17) is 9.26 Å². The highest BCUT2D eigenvalue weighted by Crippen LogP contribution is 2.24. The molecular formula is C17H14FN3O3. The highest BCUT2D eigenvalue weighted by atomic mass is 19.1. The Labute approximate surface area is 137 Å². The quantitative estimate of drug-likeness (QED) is 0.779. The highest BCUT2D eigenvalue weighted by Gasteiger charge is 2.12. The van der Waals surface area contributed by atoms with E-state index in [0.29, 0.717) is 22.6 Å². The molecule has 0 saturated heterocycles. The molecule has 3 rings (SSSR count). The van der Waals surface area contributed by atoms with Crippen molar-refractivity contribution >= 4 is 11.6 Å². The SMILES string of the molecule is COCC(=O)Nc1cccc(-c2noc(-c3cccc(F)c3)n2)c1. The van der Waals surface area contributed by atoms with E-state index in [0.717, 1.165) is 0 Å². The number of nitrogens with one attached hydrogen (secondary N) is 1. The van der Waals surface area contributed by atoms with Gasteiger partial charge in [0.2, 0.25) is 11.7 Å². The van der Waals surface area contributed by atoms with Gasteiger partial charge in [0, 0.05) is 23.9 Å². The molecule has 0 fully saturated rings. The van der Waals surface area contributed by atoms with Gasteiger partial charge in [-0.25, -0.2) is 4.39 Å². The maximum absolute atomic E-state index is 13.3. The van der Waals surface area contributed by atoms with E-state index in [2.05, 4.69) is 15.5 Å². The molecule has 0 bridgehead atoms. The lowest BCUT2D eigenvalue weighted by Gasteiger charge is -2.05. The topological polar surface area (TPSA) is 77.2 Å². The number of carbonyl (C=O) groups is 1. The van der Waals surface area contributed by atoms with Crippen LogP contribution >= 0.6 is 0 Å². The van der Waals surface area contributed by atoms with Crippen LogP contribution in [0.5, 0.6) is 0 Å². The van der Waals surface area contributed by atoms with Crippen LogP contribution in [0.3, 0.4) is 0 Å². The number of hydrogen-bond donors (Lipinski definition) is 1. The second-order valence-corrected chi connectivity index (χ2v) is 5.00. The molecule has 1 N–H and O–H groups in total. The highest BCUT2D eigenvalue weighted by molar-refractivity contribution is 5.92. The number of aromatic nitrogens is 2. The molecule has 7 heteroatoms. The number of hydrogen-bond acceptors (Lipinski definition) is 5. The molecule has 3 aromatic rings. The summed E-state index contributed by atoms with van der Waals surface area (Å²) in [6.45, 7) is -0.0316. The third kappa shape index (κ3) is 3.64. The second kappa shape index (κ2) is 7.01. The molecule has 0 aliphatic rings. The Kier molecular flexibility index (Phi) is 4.62. The van der Waals surface area contributed by atoms with Gasteiger partial charge in [-0.3, -0.25) is 4.79 Å². The van der Waals surface area contributed by atoms with Crippen molar-refractivity contribution in [3.8, 4) is 22.8 Å². The second-order valence-electron chi connectivity index (χ2n) is 5.00. The van der Waals surface area contributed by atoms with Gasteiger partial charge in [-0.1, -0.05) is 23.4 Å². The van der Waals surface area contributed by atoms with Crippen LogP contribution in [0.1, 0.15) is 0 Å². The number of halogens is 1. The van der Waals surface area contributed by atoms with Gasteiger partial charge < -0.3 is 14.6 Å². The van der Waals surface area contributed by atoms with Gasteiger partial charge in [0.25, 0.3) is 5.89 Å². The molecule has 122 valence electrons. The van der Waals surface area contributed by atoms with Crippen molar-refractivity contribution in [3.05, 3.63) is 54.3 Å². The lowest BCUT2D eigenvalue weighted by molar-refractivity contribution is -0.119. The maximum atomic E-state index is 13.3. The molecule has 0 saturated carbocycles. The van der Waals surface area contributed by atoms with Gasteiger partial charge in [-0.15, -0.1) is 0 Å². The van der Waals surface area contributed by atoms with Crippen LogP contribution in [0.2, 0.25) is 0 Å². The lowest BCUT2D eigenvalue weighted by Crippen LogP contribution is -2.16. The van der Waals surface area contributed by atoms with E-state index < -0.39 is 0 Å². The van der Waals surface area contributed by atoms with Gasteiger partial charge in [0.1, 0.15) is 12.4 Å². The number of carbonyl (C=O) groups excluding carboxylic acids is 1. The zero-order valence-corrected chi connectivity index (χ0v) is 12.8. The third-order valence-corrected chi connectivity index (χ3v) is 3.18. The first-order chi connectivity index (χ1) is 11.7. The van der Waals surface area contributed by atoms with Crippen molar-refractivity contribution in [2.24, 2.45) is 0 Å². The molecule has 0 aliphatic heterocycles. The molecule has 1 heterocycles. The zero-order chi connectivity index (χ0) is 16.9. The van der Waals surface area contributed by atoms with Crippen LogP contribution in [0.4, 0.5) is 10.1 Å². The number of anilines is 1. The fraction of sp³-hybridized carbons (Fsp3) is 0.118. The van der Waals surface area contributed by atoms with Crippen LogP contribution in [-0.2, 0) is 9.53 Å². The van der Waals surface area contributed by atoms with Crippen LogP contribution in [0.25, 0.3) is 22.8 Å². The molecule has 0 atom stereocenters. The van der Waals surface area contributed by atoms with E-state index in [1.165, 1.54) is 19.2 Å². The lowest BCUT2D eigenvalue weighted by atomic mass is 10.2. The average molecular weight is 327 g/mol. The zero-order valence-electron chi connectivity index (χ0n) is 12.8. The minimum absolute atomic E-state index is 0.0316. The minimum atomic E-state index is -0.380. The molecule has 2 aromatic carbocycles. The Morgan fingerprint density at radius 3 is 2.79 bits per heavy atom. The van der Waals surface area contributed by atoms with Gasteiger partial charge in [-0.2, -0.15) is 4.98 Å². The number of ether oxygens (including phenoxy) is 1. The van der Waals surface area contributed by atoms with Crippen LogP contribution in [0, 0.1) is 5.82 Å². The molecular weight excluding hydrogens is 313 g/mol. The van der Waals surface area contributed by atoms with E-state index in [-0.39, 0.29) is 24.2 Å². The summed E-state index contributed by atoms with van der Waals surface area (Å²) in [6.07, 6.45) is 0. The van der Waals surface area contributed by atoms with Gasteiger partial charge in [0.15, 0.2) is 0 Å². The molecule has 6 nitrogen and oxygen atoms in total. The van der Waals surface area contributed by atoms with Crippen molar-refractivity contribution < 1.29 is 18.4 Å². The Morgan fingerprint density at radius 1 is 1.21 bits per heavy atom. The average Bonchev–Trinajstić information content (AvgIpc) is 3.05. The normalized spacial score (nSPS) is 10.6. The maximum Gasteiger partial charge on any atom is 0.258 e. The van der Waals surface area contributed by atoms with Crippen molar-refractivity contribution in [1.82, 2.24) is 10.1 Å². The molecule has 0 spiro atoms. The molecule has 0 aliphatic carbocycles. The summed E-state index contributed by atoms with van der Waals surface area (Å²) in [7, 11) is 1.45. The van der Waals surface area contributed by atoms with E-state index in [1.54, 1.807) is 36.4 Å². The summed E-state index contributed by atoms with van der Waals surface area (Å²) in [4.78, 5) is 15.8. The summed E-state index contributed by atoms with van der Waals surface area (Å²) in [5.74, 6) is -0.0752. The van der Waals surface area contributed by atoms with Crippen LogP contribution in [-0.4, -0.2) is 29.8 Å². The Morgan fingerprint density at radius 2 is 2.00 bits per heavy atom. The number of amides is 1. The summed E-state index contributed by atoms with van der Waals surface area (Å²) in [5, 5.41) is 6.60. The van der Waals surface area contributed by atoms with Crippen LogP contribution < -0.4 is 5.32 Å². The van der Waals surface area contributed by atoms with Gasteiger partial charge in [0.05, 0.1) is 0 Å². The smallest absolute Gasteiger partial charge is 0.258 e. The predicted octanol–water partition coefficient (Wildman–Crippen LogP) is 3.13. The van der Waals surface area contributed by atoms with Crippen molar-refractivity contribution in [3.63, 3.8) is 0 Å². The van der Waals surface area contributed by atoms with E-state index in [9.17, 15) is 9.18 Å². The van der Waals surface area contributed by atoms with E-state index >= 15 is 0 Å². The Hall–Kier alpha value is -3.06. The number of benzene rings is 2. The fourth-order valence-corrected chi connectivity index (χ4v) is 2.14. The molecule has 1 amide bonds. The summed E-state index contributed by atoms with van der Waals surface area (Å²) in [5.41, 5.74) is 1.75. The summed E-state index contributed by atoms with van der Waals surface area (Å²) < 4.78 is 23.2. The Bertz CT molecular complexity index is 864. The van der Waals surface area contributed by atoms with Crippen molar-refractivity contribution in [1.29, 1.82) is 0 Å². The number of rotatable bonds is 5. The monoisotopic (exact) mass is 327 g/mol. The largest absolute Gasteiger partial charge is 0.375 e. The molecule has 0 unspecified atom stereocenters.